The van der Waals surface area contributed by atoms with Crippen molar-refractivity contribution in [2.45, 2.75) is 19.3 Å². The lowest BCUT2D eigenvalue weighted by atomic mass is 9.97. The summed E-state index contributed by atoms with van der Waals surface area (Å²) in [5.41, 5.74) is 1.03. The van der Waals surface area contributed by atoms with Crippen LogP contribution in [-0.2, 0) is 0 Å². The van der Waals surface area contributed by atoms with E-state index in [1.807, 2.05) is 6.92 Å². The highest BCUT2D eigenvalue weighted by atomic mass is 16.6. The van der Waals surface area contributed by atoms with Crippen LogP contribution in [0.3, 0.4) is 0 Å². The fourth-order valence-corrected chi connectivity index (χ4v) is 1.34. The average Bonchev–Trinajstić information content (AvgIpc) is 2.20. The smallest absolute Gasteiger partial charge is 0.269 e. The second-order valence-corrected chi connectivity index (χ2v) is 3.14. The molecule has 0 spiro atoms. The maximum absolute atomic E-state index is 10.4. The van der Waals surface area contributed by atoms with Gasteiger partial charge in [-0.1, -0.05) is 19.1 Å². The molecule has 0 fully saturated rings. The number of nitro benzene ring substituents is 1. The molecule has 0 radical (unpaired) electrons. The van der Waals surface area contributed by atoms with Gasteiger partial charge in [-0.25, -0.2) is 0 Å². The normalized spacial score (nSPS) is 12.4. The summed E-state index contributed by atoms with van der Waals surface area (Å²) in [6.07, 6.45) is 0.828. The van der Waals surface area contributed by atoms with Gasteiger partial charge in [-0.3, -0.25) is 10.1 Å². The van der Waals surface area contributed by atoms with Crippen molar-refractivity contribution in [1.82, 2.24) is 0 Å². The quantitative estimate of drug-likeness (QED) is 0.591. The van der Waals surface area contributed by atoms with Crippen molar-refractivity contribution in [2.24, 2.45) is 0 Å². The van der Waals surface area contributed by atoms with E-state index in [1.54, 1.807) is 12.1 Å². The number of aliphatic hydroxyl groups excluding tert-OH is 1. The number of hydrogen-bond acceptors (Lipinski definition) is 3. The van der Waals surface area contributed by atoms with E-state index in [1.165, 1.54) is 12.1 Å². The van der Waals surface area contributed by atoms with E-state index in [4.69, 9.17) is 5.11 Å². The van der Waals surface area contributed by atoms with Crippen LogP contribution in [0.15, 0.2) is 24.3 Å². The predicted octanol–water partition coefficient (Wildman–Crippen LogP) is 2.08. The summed E-state index contributed by atoms with van der Waals surface area (Å²) in [6.45, 7) is 2.05. The Labute approximate surface area is 82.3 Å². The molecule has 0 aliphatic heterocycles. The van der Waals surface area contributed by atoms with Crippen LogP contribution in [0, 0.1) is 10.1 Å². The molecular weight excluding hydrogens is 182 g/mol. The van der Waals surface area contributed by atoms with E-state index >= 15 is 0 Å². The summed E-state index contributed by atoms with van der Waals surface area (Å²) in [7, 11) is 0. The van der Waals surface area contributed by atoms with E-state index < -0.39 is 4.92 Å². The van der Waals surface area contributed by atoms with Crippen LogP contribution in [0.1, 0.15) is 24.8 Å². The van der Waals surface area contributed by atoms with Gasteiger partial charge < -0.3 is 5.11 Å². The number of hydrogen-bond donors (Lipinski definition) is 1. The second-order valence-electron chi connectivity index (χ2n) is 3.14. The summed E-state index contributed by atoms with van der Waals surface area (Å²) >= 11 is 0. The topological polar surface area (TPSA) is 63.4 Å². The molecule has 14 heavy (non-hydrogen) atoms. The zero-order chi connectivity index (χ0) is 10.6. The van der Waals surface area contributed by atoms with E-state index in [0.29, 0.717) is 0 Å². The molecule has 76 valence electrons. The molecule has 1 N–H and O–H groups in total. The Morgan fingerprint density at radius 2 is 2.00 bits per heavy atom. The van der Waals surface area contributed by atoms with E-state index in [9.17, 15) is 10.1 Å². The molecule has 1 atom stereocenters. The summed E-state index contributed by atoms with van der Waals surface area (Å²) < 4.78 is 0. The molecule has 4 heteroatoms. The Morgan fingerprint density at radius 1 is 1.43 bits per heavy atom. The van der Waals surface area contributed by atoms with Gasteiger partial charge in [0.25, 0.3) is 5.69 Å². The Balaban J connectivity index is 2.87. The van der Waals surface area contributed by atoms with E-state index in [0.717, 1.165) is 12.0 Å². The van der Waals surface area contributed by atoms with Crippen LogP contribution in [0.2, 0.25) is 0 Å². The number of benzene rings is 1. The van der Waals surface area contributed by atoms with Crippen LogP contribution in [0.5, 0.6) is 0 Å². The Kier molecular flexibility index (Phi) is 3.59. The first-order valence-corrected chi connectivity index (χ1v) is 4.54. The second kappa shape index (κ2) is 4.72. The van der Waals surface area contributed by atoms with Gasteiger partial charge in [0.2, 0.25) is 0 Å². The van der Waals surface area contributed by atoms with Gasteiger partial charge in [0, 0.05) is 24.7 Å². The zero-order valence-corrected chi connectivity index (χ0v) is 8.01. The van der Waals surface area contributed by atoms with E-state index in [2.05, 4.69) is 0 Å². The van der Waals surface area contributed by atoms with Crippen molar-refractivity contribution in [3.63, 3.8) is 0 Å². The maximum atomic E-state index is 10.4. The number of nitro groups is 1. The molecule has 0 saturated carbocycles. The largest absolute Gasteiger partial charge is 0.396 e. The molecule has 0 aliphatic rings. The third kappa shape index (κ3) is 2.29. The Morgan fingerprint density at radius 3 is 2.36 bits per heavy atom. The molecule has 0 amide bonds. The highest BCUT2D eigenvalue weighted by Gasteiger charge is 2.10. The first-order chi connectivity index (χ1) is 6.69. The lowest BCUT2D eigenvalue weighted by molar-refractivity contribution is -0.384. The van der Waals surface area contributed by atoms with Crippen LogP contribution in [-0.4, -0.2) is 16.6 Å². The highest BCUT2D eigenvalue weighted by molar-refractivity contribution is 5.34. The summed E-state index contributed by atoms with van der Waals surface area (Å²) in [5.74, 6) is 0.0794. The third-order valence-electron chi connectivity index (χ3n) is 2.29. The number of nitrogens with zero attached hydrogens (tertiary/aromatic N) is 1. The monoisotopic (exact) mass is 195 g/mol. The average molecular weight is 195 g/mol. The van der Waals surface area contributed by atoms with E-state index in [-0.39, 0.29) is 18.2 Å². The van der Waals surface area contributed by atoms with Crippen LogP contribution in [0.4, 0.5) is 5.69 Å². The van der Waals surface area contributed by atoms with Gasteiger partial charge in [-0.2, -0.15) is 0 Å². The number of non-ortho nitro benzene ring substituents is 1. The molecule has 0 saturated heterocycles. The first kappa shape index (κ1) is 10.7. The van der Waals surface area contributed by atoms with Crippen LogP contribution >= 0.6 is 0 Å². The van der Waals surface area contributed by atoms with Gasteiger partial charge in [-0.15, -0.1) is 0 Å². The lowest BCUT2D eigenvalue weighted by Gasteiger charge is -2.10. The standard InChI is InChI=1S/C10H13NO3/c1-2-8(7-12)9-3-5-10(6-4-9)11(13)14/h3-6,8,12H,2,7H2,1H3. The van der Waals surface area contributed by atoms with Crippen LogP contribution in [0.25, 0.3) is 0 Å². The molecule has 0 aromatic heterocycles. The minimum absolute atomic E-state index is 0.0777. The lowest BCUT2D eigenvalue weighted by Crippen LogP contribution is -2.02. The molecule has 0 heterocycles. The fourth-order valence-electron chi connectivity index (χ4n) is 1.34. The fraction of sp³-hybridized carbons (Fsp3) is 0.400. The number of aliphatic hydroxyl groups is 1. The Bertz CT molecular complexity index is 304. The predicted molar refractivity (Wildman–Crippen MR) is 53.2 cm³/mol. The summed E-state index contributed by atoms with van der Waals surface area (Å²) in [6, 6.07) is 6.33. The number of rotatable bonds is 4. The van der Waals surface area contributed by atoms with Crippen molar-refractivity contribution in [2.75, 3.05) is 6.61 Å². The molecule has 1 unspecified atom stereocenters. The molecule has 4 nitrogen and oxygen atoms in total. The van der Waals surface area contributed by atoms with Crippen molar-refractivity contribution in [1.29, 1.82) is 0 Å². The van der Waals surface area contributed by atoms with Gasteiger partial charge in [0.15, 0.2) is 0 Å². The maximum Gasteiger partial charge on any atom is 0.269 e. The van der Waals surface area contributed by atoms with Crippen LogP contribution < -0.4 is 0 Å². The SMILES string of the molecule is CCC(CO)c1ccc([N+](=O)[O-])cc1. The minimum atomic E-state index is -0.427. The molecule has 0 bridgehead atoms. The van der Waals surface area contributed by atoms with Crippen molar-refractivity contribution in [3.8, 4) is 0 Å². The van der Waals surface area contributed by atoms with Crippen molar-refractivity contribution >= 4 is 5.69 Å². The zero-order valence-electron chi connectivity index (χ0n) is 8.01. The van der Waals surface area contributed by atoms with Crippen molar-refractivity contribution < 1.29 is 10.0 Å². The highest BCUT2D eigenvalue weighted by Crippen LogP contribution is 2.21. The Hall–Kier alpha value is -1.42. The van der Waals surface area contributed by atoms with Gasteiger partial charge in [-0.05, 0) is 12.0 Å². The van der Waals surface area contributed by atoms with Gasteiger partial charge >= 0.3 is 0 Å². The van der Waals surface area contributed by atoms with Crippen molar-refractivity contribution in [3.05, 3.63) is 39.9 Å². The molecule has 1 rings (SSSR count). The third-order valence-corrected chi connectivity index (χ3v) is 2.29. The van der Waals surface area contributed by atoms with Gasteiger partial charge in [0.05, 0.1) is 4.92 Å². The molecule has 1 aromatic carbocycles. The minimum Gasteiger partial charge on any atom is -0.396 e. The molecule has 1 aromatic rings. The van der Waals surface area contributed by atoms with Gasteiger partial charge in [0.1, 0.15) is 0 Å². The molecular formula is C10H13NO3. The summed E-state index contributed by atoms with van der Waals surface area (Å²) in [5, 5.41) is 19.4. The summed E-state index contributed by atoms with van der Waals surface area (Å²) in [4.78, 5) is 9.95. The molecule has 0 aliphatic carbocycles. The first-order valence-electron chi connectivity index (χ1n) is 4.54.